The Morgan fingerprint density at radius 3 is 2.77 bits per heavy atom. The number of ether oxygens (including phenoxy) is 1. The van der Waals surface area contributed by atoms with Crippen LogP contribution in [0.3, 0.4) is 0 Å². The molecule has 2 bridgehead atoms. The van der Waals surface area contributed by atoms with Crippen LogP contribution in [0.25, 0.3) is 11.1 Å². The first-order valence-electron chi connectivity index (χ1n) is 9.78. The summed E-state index contributed by atoms with van der Waals surface area (Å²) < 4.78 is 6.76. The Morgan fingerprint density at radius 1 is 1.17 bits per heavy atom. The van der Waals surface area contributed by atoms with Crippen molar-refractivity contribution in [3.8, 4) is 17.2 Å². The molecule has 2 aromatic rings. The normalized spacial score (nSPS) is 19.6. The Hall–Kier alpha value is -3.44. The molecule has 30 heavy (non-hydrogen) atoms. The molecule has 3 heterocycles. The number of carbonyl (C=O) groups excluding carboxylic acids is 1. The molecule has 0 unspecified atom stereocenters. The predicted molar refractivity (Wildman–Crippen MR) is 107 cm³/mol. The maximum Gasteiger partial charge on any atom is 0.329 e. The minimum atomic E-state index is -1.11. The molecular formula is C22H21N3O5. The van der Waals surface area contributed by atoms with Crippen LogP contribution >= 0.6 is 0 Å². The molecule has 1 N–H and O–H groups in total. The van der Waals surface area contributed by atoms with Gasteiger partial charge in [-0.15, -0.1) is 0 Å². The molecule has 1 saturated heterocycles. The van der Waals surface area contributed by atoms with Crippen molar-refractivity contribution in [2.45, 2.75) is 18.9 Å². The fourth-order valence-corrected chi connectivity index (χ4v) is 4.54. The van der Waals surface area contributed by atoms with E-state index < -0.39 is 12.6 Å². The summed E-state index contributed by atoms with van der Waals surface area (Å²) in [6.45, 7) is 0.705. The number of carboxylic acids is 1. The Bertz CT molecular complexity index is 1100. The predicted octanol–water partition coefficient (Wildman–Crippen LogP) is 1.43. The smallest absolute Gasteiger partial charge is 0.329 e. The van der Waals surface area contributed by atoms with Crippen molar-refractivity contribution in [2.75, 3.05) is 26.3 Å². The monoisotopic (exact) mass is 407 g/mol. The Morgan fingerprint density at radius 2 is 2.00 bits per heavy atom. The van der Waals surface area contributed by atoms with Gasteiger partial charge >= 0.3 is 5.97 Å². The van der Waals surface area contributed by atoms with Crippen LogP contribution in [-0.2, 0) is 20.9 Å². The maximum atomic E-state index is 12.6. The van der Waals surface area contributed by atoms with Gasteiger partial charge in [-0.3, -0.25) is 9.59 Å². The summed E-state index contributed by atoms with van der Waals surface area (Å²) in [6.07, 6.45) is 0.869. The SMILES string of the molecule is N#Cc1cccc(-c2ccc(=O)n3c2[C@H]2C[C@@H](CN(C(=O)COCC(=O)O)C2)C3)c1. The summed E-state index contributed by atoms with van der Waals surface area (Å²) in [4.78, 5) is 37.4. The van der Waals surface area contributed by atoms with Gasteiger partial charge < -0.3 is 19.3 Å². The Labute approximate surface area is 172 Å². The highest BCUT2D eigenvalue weighted by Gasteiger charge is 2.37. The van der Waals surface area contributed by atoms with Crippen LogP contribution in [0.5, 0.6) is 0 Å². The van der Waals surface area contributed by atoms with Crippen LogP contribution in [0, 0.1) is 17.2 Å². The van der Waals surface area contributed by atoms with Crippen molar-refractivity contribution in [2.24, 2.45) is 5.92 Å². The second kappa shape index (κ2) is 8.13. The highest BCUT2D eigenvalue weighted by Crippen LogP contribution is 2.40. The zero-order valence-electron chi connectivity index (χ0n) is 16.3. The van der Waals surface area contributed by atoms with E-state index in [0.717, 1.165) is 23.2 Å². The van der Waals surface area contributed by atoms with Crippen LogP contribution in [0.4, 0.5) is 0 Å². The van der Waals surface area contributed by atoms with E-state index in [4.69, 9.17) is 9.84 Å². The van der Waals surface area contributed by atoms with E-state index in [1.54, 1.807) is 33.7 Å². The van der Waals surface area contributed by atoms with Gasteiger partial charge in [0.1, 0.15) is 13.2 Å². The van der Waals surface area contributed by atoms with Crippen molar-refractivity contribution in [1.82, 2.24) is 9.47 Å². The number of carbonyl (C=O) groups is 2. The summed E-state index contributed by atoms with van der Waals surface area (Å²) in [5.41, 5.74) is 3.13. The van der Waals surface area contributed by atoms with E-state index in [1.165, 1.54) is 0 Å². The zero-order valence-corrected chi connectivity index (χ0v) is 16.3. The first-order valence-corrected chi connectivity index (χ1v) is 9.78. The highest BCUT2D eigenvalue weighted by atomic mass is 16.5. The number of aliphatic carboxylic acids is 1. The number of rotatable bonds is 5. The zero-order chi connectivity index (χ0) is 21.3. The number of fused-ring (bicyclic) bond motifs is 4. The number of amides is 1. The summed E-state index contributed by atoms with van der Waals surface area (Å²) in [5, 5.41) is 17.9. The molecule has 0 aliphatic carbocycles. The maximum absolute atomic E-state index is 12.6. The third-order valence-electron chi connectivity index (χ3n) is 5.70. The van der Waals surface area contributed by atoms with Crippen molar-refractivity contribution in [3.63, 3.8) is 0 Å². The van der Waals surface area contributed by atoms with Gasteiger partial charge in [0.05, 0.1) is 11.6 Å². The van der Waals surface area contributed by atoms with Crippen LogP contribution in [0.2, 0.25) is 0 Å². The molecule has 154 valence electrons. The van der Waals surface area contributed by atoms with Crippen molar-refractivity contribution < 1.29 is 19.4 Å². The van der Waals surface area contributed by atoms with Gasteiger partial charge in [0.25, 0.3) is 5.56 Å². The van der Waals surface area contributed by atoms with Crippen LogP contribution < -0.4 is 5.56 Å². The third kappa shape index (κ3) is 3.84. The molecule has 8 heteroatoms. The molecule has 0 radical (unpaired) electrons. The summed E-state index contributed by atoms with van der Waals surface area (Å²) in [5.74, 6) is -1.23. The molecular weight excluding hydrogens is 386 g/mol. The quantitative estimate of drug-likeness (QED) is 0.802. The molecule has 1 aromatic carbocycles. The average Bonchev–Trinajstić information content (AvgIpc) is 2.74. The van der Waals surface area contributed by atoms with Crippen LogP contribution in [0.1, 0.15) is 23.6 Å². The van der Waals surface area contributed by atoms with Gasteiger partial charge in [0, 0.05) is 42.9 Å². The van der Waals surface area contributed by atoms with Gasteiger partial charge in [-0.25, -0.2) is 4.79 Å². The first-order chi connectivity index (χ1) is 14.5. The Kier molecular flexibility index (Phi) is 5.38. The topological polar surface area (TPSA) is 113 Å². The molecule has 1 fully saturated rings. The number of benzene rings is 1. The lowest BCUT2D eigenvalue weighted by Gasteiger charge is -2.43. The van der Waals surface area contributed by atoms with E-state index in [9.17, 15) is 19.6 Å². The van der Waals surface area contributed by atoms with Gasteiger partial charge in [0.15, 0.2) is 0 Å². The summed E-state index contributed by atoms with van der Waals surface area (Å²) >= 11 is 0. The number of carboxylic acid groups (broad SMARTS) is 1. The lowest BCUT2D eigenvalue weighted by molar-refractivity contribution is -0.146. The molecule has 1 aromatic heterocycles. The van der Waals surface area contributed by atoms with Crippen molar-refractivity contribution >= 4 is 11.9 Å². The fraction of sp³-hybridized carbons (Fsp3) is 0.364. The summed E-state index contributed by atoms with van der Waals surface area (Å²) in [6, 6.07) is 12.8. The van der Waals surface area contributed by atoms with Gasteiger partial charge in [-0.1, -0.05) is 12.1 Å². The molecule has 4 rings (SSSR count). The first kappa shape index (κ1) is 19.9. The number of hydrogen-bond donors (Lipinski definition) is 1. The van der Waals surface area contributed by atoms with Gasteiger partial charge in [0.2, 0.25) is 5.91 Å². The number of nitrogens with zero attached hydrogens (tertiary/aromatic N) is 3. The molecule has 0 saturated carbocycles. The van der Waals surface area contributed by atoms with E-state index in [0.29, 0.717) is 25.2 Å². The Balaban J connectivity index is 1.65. The van der Waals surface area contributed by atoms with Gasteiger partial charge in [-0.05, 0) is 36.1 Å². The van der Waals surface area contributed by atoms with E-state index in [-0.39, 0.29) is 29.9 Å². The number of aromatic nitrogens is 1. The minimum Gasteiger partial charge on any atom is -0.480 e. The number of pyridine rings is 1. The second-order valence-electron chi connectivity index (χ2n) is 7.76. The van der Waals surface area contributed by atoms with Crippen LogP contribution in [0.15, 0.2) is 41.2 Å². The number of piperidine rings is 1. The average molecular weight is 407 g/mol. The highest BCUT2D eigenvalue weighted by molar-refractivity contribution is 5.78. The lowest BCUT2D eigenvalue weighted by Crippen LogP contribution is -2.50. The van der Waals surface area contributed by atoms with Crippen LogP contribution in [-0.4, -0.2) is 52.8 Å². The van der Waals surface area contributed by atoms with Gasteiger partial charge in [-0.2, -0.15) is 5.26 Å². The number of hydrogen-bond acceptors (Lipinski definition) is 5. The molecule has 1 amide bonds. The van der Waals surface area contributed by atoms with E-state index in [2.05, 4.69) is 6.07 Å². The molecule has 0 spiro atoms. The molecule has 2 aliphatic heterocycles. The molecule has 2 aliphatic rings. The van der Waals surface area contributed by atoms with Crippen molar-refractivity contribution in [1.29, 1.82) is 5.26 Å². The fourth-order valence-electron chi connectivity index (χ4n) is 4.54. The lowest BCUT2D eigenvalue weighted by atomic mass is 9.80. The number of likely N-dealkylation sites (tertiary alicyclic amines) is 1. The minimum absolute atomic E-state index is 0.0180. The molecule has 2 atom stereocenters. The summed E-state index contributed by atoms with van der Waals surface area (Å²) in [7, 11) is 0. The standard InChI is InChI=1S/C22H21N3O5/c23-8-14-2-1-3-16(6-14)18-4-5-19(26)25-10-15-7-17(22(18)25)11-24(9-15)20(27)12-30-13-21(28)29/h1-6,15,17H,7,9-13H2,(H,28,29)/t15-,17-/m0/s1. The molecule has 8 nitrogen and oxygen atoms in total. The van der Waals surface area contributed by atoms with E-state index in [1.807, 2.05) is 12.1 Å². The largest absolute Gasteiger partial charge is 0.480 e. The van der Waals surface area contributed by atoms with Crippen molar-refractivity contribution in [3.05, 3.63) is 58.0 Å². The van der Waals surface area contributed by atoms with E-state index >= 15 is 0 Å². The second-order valence-corrected chi connectivity index (χ2v) is 7.76. The number of nitriles is 1. The third-order valence-corrected chi connectivity index (χ3v) is 5.70.